The maximum atomic E-state index is 12.6. The van der Waals surface area contributed by atoms with E-state index in [1.165, 1.54) is 7.11 Å². The van der Waals surface area contributed by atoms with E-state index in [1.54, 1.807) is 18.2 Å². The molecule has 0 spiro atoms. The molecule has 26 heavy (non-hydrogen) atoms. The van der Waals surface area contributed by atoms with Gasteiger partial charge in [0.15, 0.2) is 11.5 Å². The van der Waals surface area contributed by atoms with Gasteiger partial charge in [-0.3, -0.25) is 0 Å². The van der Waals surface area contributed by atoms with Gasteiger partial charge < -0.3 is 9.84 Å². The quantitative estimate of drug-likeness (QED) is 0.650. The van der Waals surface area contributed by atoms with Crippen molar-refractivity contribution in [3.05, 3.63) is 59.2 Å². The van der Waals surface area contributed by atoms with Crippen LogP contribution in [0.1, 0.15) is 43.4 Å². The molecule has 0 bridgehead atoms. The molecule has 0 aliphatic heterocycles. The van der Waals surface area contributed by atoms with Crippen LogP contribution in [0.25, 0.3) is 0 Å². The Morgan fingerprint density at radius 3 is 1.96 bits per heavy atom. The minimum absolute atomic E-state index is 0.0494. The van der Waals surface area contributed by atoms with Crippen LogP contribution in [-0.4, -0.2) is 12.2 Å². The smallest absolute Gasteiger partial charge is 0.416 e. The lowest BCUT2D eigenvalue weighted by atomic mass is 9.81. The van der Waals surface area contributed by atoms with Crippen LogP contribution in [0.2, 0.25) is 0 Å². The molecule has 2 rings (SSSR count). The summed E-state index contributed by atoms with van der Waals surface area (Å²) >= 11 is 0. The number of alkyl halides is 3. The minimum Gasteiger partial charge on any atom is -0.504 e. The number of rotatable bonds is 7. The van der Waals surface area contributed by atoms with Gasteiger partial charge in [0.2, 0.25) is 0 Å². The summed E-state index contributed by atoms with van der Waals surface area (Å²) in [6.07, 6.45) is -0.890. The van der Waals surface area contributed by atoms with E-state index >= 15 is 0 Å². The van der Waals surface area contributed by atoms with Crippen LogP contribution in [0, 0.1) is 5.41 Å². The molecule has 0 heterocycles. The van der Waals surface area contributed by atoms with Gasteiger partial charge in [0.25, 0.3) is 0 Å². The second-order valence-corrected chi connectivity index (χ2v) is 7.37. The first-order chi connectivity index (χ1) is 12.1. The van der Waals surface area contributed by atoms with Crippen LogP contribution < -0.4 is 4.74 Å². The summed E-state index contributed by atoms with van der Waals surface area (Å²) in [4.78, 5) is 0. The number of phenols is 1. The maximum Gasteiger partial charge on any atom is 0.416 e. The summed E-state index contributed by atoms with van der Waals surface area (Å²) in [6.45, 7) is 4.32. The molecule has 2 aromatic carbocycles. The SMILES string of the molecule is COc1cc(CCC(C)(C)CCc2ccc(C(F)(F)F)cc2)ccc1O. The van der Waals surface area contributed by atoms with E-state index in [-0.39, 0.29) is 11.2 Å². The predicted molar refractivity (Wildman–Crippen MR) is 96.5 cm³/mol. The second kappa shape index (κ2) is 8.02. The van der Waals surface area contributed by atoms with Crippen LogP contribution in [-0.2, 0) is 19.0 Å². The molecule has 0 saturated carbocycles. The van der Waals surface area contributed by atoms with E-state index < -0.39 is 11.7 Å². The lowest BCUT2D eigenvalue weighted by Crippen LogP contribution is -2.14. The van der Waals surface area contributed by atoms with E-state index in [1.807, 2.05) is 12.1 Å². The van der Waals surface area contributed by atoms with Crippen molar-refractivity contribution >= 4 is 0 Å². The molecule has 5 heteroatoms. The van der Waals surface area contributed by atoms with Crippen molar-refractivity contribution in [3.63, 3.8) is 0 Å². The van der Waals surface area contributed by atoms with Crippen molar-refractivity contribution in [3.8, 4) is 11.5 Å². The van der Waals surface area contributed by atoms with Gasteiger partial charge in [0.1, 0.15) is 0 Å². The zero-order chi connectivity index (χ0) is 19.4. The lowest BCUT2D eigenvalue weighted by molar-refractivity contribution is -0.137. The van der Waals surface area contributed by atoms with Gasteiger partial charge in [-0.25, -0.2) is 0 Å². The van der Waals surface area contributed by atoms with E-state index in [0.717, 1.165) is 48.9 Å². The lowest BCUT2D eigenvalue weighted by Gasteiger charge is -2.25. The van der Waals surface area contributed by atoms with Gasteiger partial charge in [0.05, 0.1) is 12.7 Å². The molecular weight excluding hydrogens is 341 g/mol. The molecular formula is C21H25F3O2. The molecule has 2 nitrogen and oxygen atoms in total. The number of halogens is 3. The van der Waals surface area contributed by atoms with Crippen LogP contribution in [0.4, 0.5) is 13.2 Å². The maximum absolute atomic E-state index is 12.6. The largest absolute Gasteiger partial charge is 0.504 e. The topological polar surface area (TPSA) is 29.5 Å². The van der Waals surface area contributed by atoms with Crippen molar-refractivity contribution in [1.82, 2.24) is 0 Å². The number of aryl methyl sites for hydroxylation is 2. The van der Waals surface area contributed by atoms with E-state index in [2.05, 4.69) is 13.8 Å². The van der Waals surface area contributed by atoms with E-state index in [4.69, 9.17) is 4.74 Å². The molecule has 0 aromatic heterocycles. The molecule has 0 aliphatic carbocycles. The van der Waals surface area contributed by atoms with Gasteiger partial charge in [-0.05, 0) is 66.5 Å². The molecule has 2 aromatic rings. The number of aromatic hydroxyl groups is 1. The normalized spacial score (nSPS) is 12.2. The van der Waals surface area contributed by atoms with Crippen molar-refractivity contribution in [2.24, 2.45) is 5.41 Å². The van der Waals surface area contributed by atoms with Gasteiger partial charge in [-0.2, -0.15) is 13.2 Å². The van der Waals surface area contributed by atoms with Gasteiger partial charge >= 0.3 is 6.18 Å². The van der Waals surface area contributed by atoms with E-state index in [0.29, 0.717) is 5.75 Å². The first kappa shape index (κ1) is 20.1. The summed E-state index contributed by atoms with van der Waals surface area (Å²) in [7, 11) is 1.52. The predicted octanol–water partition coefficient (Wildman–Crippen LogP) is 6.01. The number of benzene rings is 2. The van der Waals surface area contributed by atoms with Crippen LogP contribution in [0.15, 0.2) is 42.5 Å². The summed E-state index contributed by atoms with van der Waals surface area (Å²) in [5.74, 6) is 0.586. The molecule has 0 fully saturated rings. The third-order valence-electron chi connectivity index (χ3n) is 4.71. The number of phenolic OH excluding ortho intramolecular Hbond substituents is 1. The van der Waals surface area contributed by atoms with Crippen LogP contribution in [0.3, 0.4) is 0 Å². The van der Waals surface area contributed by atoms with Crippen LogP contribution in [0.5, 0.6) is 11.5 Å². The van der Waals surface area contributed by atoms with Crippen molar-refractivity contribution in [2.45, 2.75) is 45.7 Å². The molecule has 0 saturated heterocycles. The Kier molecular flexibility index (Phi) is 6.21. The van der Waals surface area contributed by atoms with Crippen molar-refractivity contribution < 1.29 is 23.0 Å². The molecule has 0 unspecified atom stereocenters. The Bertz CT molecular complexity index is 719. The Morgan fingerprint density at radius 1 is 0.885 bits per heavy atom. The zero-order valence-electron chi connectivity index (χ0n) is 15.4. The Balaban J connectivity index is 1.90. The third-order valence-corrected chi connectivity index (χ3v) is 4.71. The molecule has 0 aliphatic rings. The Hall–Kier alpha value is -2.17. The molecule has 0 amide bonds. The minimum atomic E-state index is -4.29. The second-order valence-electron chi connectivity index (χ2n) is 7.37. The fraction of sp³-hybridized carbons (Fsp3) is 0.429. The third kappa shape index (κ3) is 5.68. The van der Waals surface area contributed by atoms with Gasteiger partial charge in [0, 0.05) is 0 Å². The first-order valence-corrected chi connectivity index (χ1v) is 8.63. The first-order valence-electron chi connectivity index (χ1n) is 8.63. The standard InChI is InChI=1S/C21H25F3O2/c1-20(2,13-11-16-6-9-18(25)19(14-16)26-3)12-10-15-4-7-17(8-5-15)21(22,23)24/h4-9,14,25H,10-13H2,1-3H3. The summed E-state index contributed by atoms with van der Waals surface area (Å²) < 4.78 is 43.0. The van der Waals surface area contributed by atoms with Crippen LogP contribution >= 0.6 is 0 Å². The average molecular weight is 366 g/mol. The van der Waals surface area contributed by atoms with E-state index in [9.17, 15) is 18.3 Å². The number of hydrogen-bond acceptors (Lipinski definition) is 2. The fourth-order valence-corrected chi connectivity index (χ4v) is 2.83. The molecule has 0 atom stereocenters. The Labute approximate surface area is 152 Å². The monoisotopic (exact) mass is 366 g/mol. The highest BCUT2D eigenvalue weighted by Crippen LogP contribution is 2.33. The Morgan fingerprint density at radius 2 is 1.42 bits per heavy atom. The highest BCUT2D eigenvalue weighted by Gasteiger charge is 2.30. The molecule has 1 N–H and O–H groups in total. The van der Waals surface area contributed by atoms with Crippen molar-refractivity contribution in [1.29, 1.82) is 0 Å². The zero-order valence-corrected chi connectivity index (χ0v) is 15.4. The summed E-state index contributed by atoms with van der Waals surface area (Å²) in [5.41, 5.74) is 1.44. The molecule has 0 radical (unpaired) electrons. The number of hydrogen-bond donors (Lipinski definition) is 1. The fourth-order valence-electron chi connectivity index (χ4n) is 2.83. The van der Waals surface area contributed by atoms with Gasteiger partial charge in [-0.15, -0.1) is 0 Å². The van der Waals surface area contributed by atoms with Crippen molar-refractivity contribution in [2.75, 3.05) is 7.11 Å². The summed E-state index contributed by atoms with van der Waals surface area (Å²) in [5, 5.41) is 9.65. The average Bonchev–Trinajstić information content (AvgIpc) is 2.59. The highest BCUT2D eigenvalue weighted by atomic mass is 19.4. The summed E-state index contributed by atoms with van der Waals surface area (Å²) in [6, 6.07) is 10.7. The number of ether oxygens (including phenoxy) is 1. The number of methoxy groups -OCH3 is 1. The van der Waals surface area contributed by atoms with Gasteiger partial charge in [-0.1, -0.05) is 32.0 Å². The highest BCUT2D eigenvalue weighted by molar-refractivity contribution is 5.41. The molecule has 142 valence electrons.